The molecule has 0 aliphatic rings. The van der Waals surface area contributed by atoms with Crippen molar-refractivity contribution < 1.29 is 0 Å². The largest absolute Gasteiger partial charge is 0.309 e. The summed E-state index contributed by atoms with van der Waals surface area (Å²) < 4.78 is 4.71. The second-order valence-corrected chi connectivity index (χ2v) is 16.1. The van der Waals surface area contributed by atoms with Crippen LogP contribution in [0.3, 0.4) is 0 Å². The fourth-order valence-corrected chi connectivity index (χ4v) is 9.41. The summed E-state index contributed by atoms with van der Waals surface area (Å²) in [5, 5.41) is 14.8. The van der Waals surface area contributed by atoms with Gasteiger partial charge in [-0.05, 0) is 82.9 Å². The van der Waals surface area contributed by atoms with E-state index in [0.717, 1.165) is 89.0 Å². The second-order valence-electron chi connectivity index (χ2n) is 16.1. The minimum absolute atomic E-state index is 0.619. The van der Waals surface area contributed by atoms with Gasteiger partial charge in [-0.1, -0.05) is 164 Å². The molecule has 9 aromatic carbocycles. The van der Waals surface area contributed by atoms with E-state index in [0.29, 0.717) is 11.4 Å². The smallest absolute Gasteiger partial charge is 0.162 e. The molecule has 0 radical (unpaired) electrons. The number of rotatable bonds is 7. The number of aromatic nitrogens is 4. The fraction of sp³-hybridized carbons (Fsp3) is 0. The van der Waals surface area contributed by atoms with E-state index in [9.17, 15) is 5.26 Å². The first-order valence-electron chi connectivity index (χ1n) is 21.5. The third-order valence-electron chi connectivity index (χ3n) is 12.4. The zero-order valence-corrected chi connectivity index (χ0v) is 34.6. The summed E-state index contributed by atoms with van der Waals surface area (Å²) in [7, 11) is 0. The van der Waals surface area contributed by atoms with Crippen molar-refractivity contribution in [2.75, 3.05) is 0 Å². The Balaban J connectivity index is 1.15. The van der Waals surface area contributed by atoms with Crippen LogP contribution < -0.4 is 0 Å². The lowest BCUT2D eigenvalue weighted by atomic mass is 9.98. The van der Waals surface area contributed by atoms with Gasteiger partial charge in [0.05, 0.1) is 50.8 Å². The van der Waals surface area contributed by atoms with Gasteiger partial charge in [0.1, 0.15) is 0 Å². The zero-order valence-electron chi connectivity index (χ0n) is 34.6. The SMILES string of the molecule is N#Cc1ccccc1-c1ccc2c3ccccc3n(-c3ccc(-c4ccc5c6ccccc6n(-c6ccccc6)c5c4)cc3-c3nc(-c4ccccc4)cc(-c4ccccc4)n3)c2c1. The molecule has 64 heavy (non-hydrogen) atoms. The molecule has 3 aromatic heterocycles. The van der Waals surface area contributed by atoms with Crippen molar-refractivity contribution >= 4 is 43.6 Å². The van der Waals surface area contributed by atoms with Crippen LogP contribution in [0.5, 0.6) is 0 Å². The molecule has 0 aliphatic carbocycles. The van der Waals surface area contributed by atoms with Crippen LogP contribution in [0.25, 0.3) is 111 Å². The van der Waals surface area contributed by atoms with Crippen LogP contribution in [-0.2, 0) is 0 Å². The summed E-state index contributed by atoms with van der Waals surface area (Å²) in [6.45, 7) is 0. The van der Waals surface area contributed by atoms with Crippen molar-refractivity contribution in [3.8, 4) is 73.6 Å². The Bertz CT molecular complexity index is 3730. The van der Waals surface area contributed by atoms with E-state index in [4.69, 9.17) is 9.97 Å². The minimum atomic E-state index is 0.619. The van der Waals surface area contributed by atoms with Gasteiger partial charge < -0.3 is 9.13 Å². The number of fused-ring (bicyclic) bond motifs is 6. The number of nitriles is 1. The molecule has 0 atom stereocenters. The average Bonchev–Trinajstić information content (AvgIpc) is 3.89. The minimum Gasteiger partial charge on any atom is -0.309 e. The third kappa shape index (κ3) is 6.16. The van der Waals surface area contributed by atoms with Crippen molar-refractivity contribution in [2.24, 2.45) is 0 Å². The number of hydrogen-bond donors (Lipinski definition) is 0. The Kier molecular flexibility index (Phi) is 8.81. The van der Waals surface area contributed by atoms with Gasteiger partial charge in [-0.2, -0.15) is 5.26 Å². The van der Waals surface area contributed by atoms with E-state index < -0.39 is 0 Å². The van der Waals surface area contributed by atoms with Crippen molar-refractivity contribution in [1.82, 2.24) is 19.1 Å². The second kappa shape index (κ2) is 15.3. The predicted molar refractivity (Wildman–Crippen MR) is 263 cm³/mol. The Morgan fingerprint density at radius 3 is 1.48 bits per heavy atom. The first-order valence-corrected chi connectivity index (χ1v) is 21.5. The lowest BCUT2D eigenvalue weighted by Gasteiger charge is -2.17. The number of benzene rings is 9. The molecule has 298 valence electrons. The molecule has 0 N–H and O–H groups in total. The Morgan fingerprint density at radius 1 is 0.344 bits per heavy atom. The summed E-state index contributed by atoms with van der Waals surface area (Å²) in [4.78, 5) is 10.8. The van der Waals surface area contributed by atoms with Gasteiger partial charge in [0.25, 0.3) is 0 Å². The molecular weight excluding hydrogens is 779 g/mol. The monoisotopic (exact) mass is 815 g/mol. The summed E-state index contributed by atoms with van der Waals surface area (Å²) in [6, 6.07) is 80.8. The number of hydrogen-bond acceptors (Lipinski definition) is 3. The van der Waals surface area contributed by atoms with Crippen LogP contribution in [0.4, 0.5) is 0 Å². The molecule has 0 amide bonds. The summed E-state index contributed by atoms with van der Waals surface area (Å²) in [5.41, 5.74) is 15.7. The highest BCUT2D eigenvalue weighted by molar-refractivity contribution is 6.12. The fourth-order valence-electron chi connectivity index (χ4n) is 9.41. The molecule has 0 saturated carbocycles. The highest BCUT2D eigenvalue weighted by Crippen LogP contribution is 2.41. The zero-order chi connectivity index (χ0) is 42.6. The standard InChI is InChI=1S/C59H37N5/c60-38-44-20-10-11-23-46(44)43-29-32-50-48-25-13-15-27-55(48)64(58(50)36-43)56-33-30-41(42-28-31-49-47-24-12-14-26-54(47)63(57(49)35-42)45-21-8-3-9-22-45)34-51(56)59-61-52(39-16-4-1-5-17-39)37-53(62-59)40-18-6-2-7-19-40/h1-37H. The quantitative estimate of drug-likeness (QED) is 0.161. The van der Waals surface area contributed by atoms with Gasteiger partial charge in [0, 0.05) is 43.9 Å². The molecular formula is C59H37N5. The van der Waals surface area contributed by atoms with E-state index in [2.05, 4.69) is 203 Å². The maximum atomic E-state index is 10.1. The normalized spacial score (nSPS) is 11.4. The summed E-state index contributed by atoms with van der Waals surface area (Å²) in [6.07, 6.45) is 0. The van der Waals surface area contributed by atoms with Gasteiger partial charge in [0.15, 0.2) is 5.82 Å². The highest BCUT2D eigenvalue weighted by Gasteiger charge is 2.21. The highest BCUT2D eigenvalue weighted by atomic mass is 15.0. The van der Waals surface area contributed by atoms with Gasteiger partial charge >= 0.3 is 0 Å². The van der Waals surface area contributed by atoms with Crippen LogP contribution in [-0.4, -0.2) is 19.1 Å². The van der Waals surface area contributed by atoms with Crippen LogP contribution in [0.1, 0.15) is 5.56 Å². The van der Waals surface area contributed by atoms with Crippen LogP contribution in [0.2, 0.25) is 0 Å². The number of para-hydroxylation sites is 3. The molecule has 3 heterocycles. The Labute approximate surface area is 370 Å². The first kappa shape index (κ1) is 37.0. The molecule has 0 saturated heterocycles. The number of nitrogens with zero attached hydrogens (tertiary/aromatic N) is 5. The predicted octanol–water partition coefficient (Wildman–Crippen LogP) is 14.9. The van der Waals surface area contributed by atoms with Gasteiger partial charge in [0.2, 0.25) is 0 Å². The van der Waals surface area contributed by atoms with E-state index in [-0.39, 0.29) is 0 Å². The lowest BCUT2D eigenvalue weighted by molar-refractivity contribution is 1.14. The first-order chi connectivity index (χ1) is 31.7. The van der Waals surface area contributed by atoms with Crippen molar-refractivity contribution in [1.29, 1.82) is 5.26 Å². The summed E-state index contributed by atoms with van der Waals surface area (Å²) >= 11 is 0. The van der Waals surface area contributed by atoms with E-state index in [1.807, 2.05) is 36.4 Å². The molecule has 0 bridgehead atoms. The molecule has 0 aliphatic heterocycles. The van der Waals surface area contributed by atoms with Crippen molar-refractivity contribution in [3.05, 3.63) is 230 Å². The molecule has 12 rings (SSSR count). The lowest BCUT2D eigenvalue weighted by Crippen LogP contribution is -2.02. The van der Waals surface area contributed by atoms with Gasteiger partial charge in [-0.3, -0.25) is 0 Å². The average molecular weight is 816 g/mol. The molecule has 0 spiro atoms. The maximum Gasteiger partial charge on any atom is 0.162 e. The van der Waals surface area contributed by atoms with Gasteiger partial charge in [-0.15, -0.1) is 0 Å². The Morgan fingerprint density at radius 2 is 0.828 bits per heavy atom. The third-order valence-corrected chi connectivity index (χ3v) is 12.4. The van der Waals surface area contributed by atoms with Crippen molar-refractivity contribution in [3.63, 3.8) is 0 Å². The van der Waals surface area contributed by atoms with E-state index in [1.54, 1.807) is 0 Å². The molecule has 12 aromatic rings. The molecule has 5 heteroatoms. The van der Waals surface area contributed by atoms with Crippen LogP contribution in [0, 0.1) is 11.3 Å². The van der Waals surface area contributed by atoms with Crippen molar-refractivity contribution in [2.45, 2.75) is 0 Å². The molecule has 0 fully saturated rings. The van der Waals surface area contributed by atoms with Gasteiger partial charge in [-0.25, -0.2) is 9.97 Å². The van der Waals surface area contributed by atoms with Crippen LogP contribution in [0.15, 0.2) is 224 Å². The maximum absolute atomic E-state index is 10.1. The molecule has 5 nitrogen and oxygen atoms in total. The summed E-state index contributed by atoms with van der Waals surface area (Å²) in [5.74, 6) is 0.619. The Hall–Kier alpha value is -8.85. The van der Waals surface area contributed by atoms with E-state index >= 15 is 0 Å². The topological polar surface area (TPSA) is 59.4 Å². The molecule has 0 unspecified atom stereocenters. The van der Waals surface area contributed by atoms with Crippen LogP contribution >= 0.6 is 0 Å². The van der Waals surface area contributed by atoms with E-state index in [1.165, 1.54) is 16.3 Å².